The van der Waals surface area contributed by atoms with Gasteiger partial charge in [0.2, 0.25) is 10.0 Å². The third-order valence-corrected chi connectivity index (χ3v) is 6.19. The second-order valence-corrected chi connectivity index (χ2v) is 7.47. The molecule has 2 N–H and O–H groups in total. The topological polar surface area (TPSA) is 72.6 Å². The maximum atomic E-state index is 13.0. The van der Waals surface area contributed by atoms with Crippen LogP contribution in [0.1, 0.15) is 6.42 Å². The van der Waals surface area contributed by atoms with Gasteiger partial charge in [-0.2, -0.15) is 4.31 Å². The number of nitrogens with zero attached hydrogens (tertiary/aromatic N) is 1. The highest BCUT2D eigenvalue weighted by molar-refractivity contribution is 7.89. The number of sulfonamides is 1. The second-order valence-electron chi connectivity index (χ2n) is 5.56. The Morgan fingerprint density at radius 1 is 1.22 bits per heavy atom. The van der Waals surface area contributed by atoms with Crippen molar-refractivity contribution >= 4 is 33.2 Å². The van der Waals surface area contributed by atoms with Gasteiger partial charge in [-0.3, -0.25) is 0 Å². The lowest BCUT2D eigenvalue weighted by molar-refractivity contribution is 0.419. The summed E-state index contributed by atoms with van der Waals surface area (Å²) in [5.74, 6) is 0.926. The highest BCUT2D eigenvalue weighted by Gasteiger charge is 2.33. The zero-order valence-electron chi connectivity index (χ0n) is 12.9. The van der Waals surface area contributed by atoms with Gasteiger partial charge in [-0.1, -0.05) is 24.3 Å². The molecule has 1 atom stereocenters. The van der Waals surface area contributed by atoms with Crippen LogP contribution in [-0.4, -0.2) is 39.5 Å². The molecule has 1 unspecified atom stereocenters. The Labute approximate surface area is 142 Å². The van der Waals surface area contributed by atoms with Crippen LogP contribution in [0.4, 0.5) is 0 Å². The van der Waals surface area contributed by atoms with E-state index in [4.69, 9.17) is 10.5 Å². The van der Waals surface area contributed by atoms with E-state index >= 15 is 0 Å². The quantitative estimate of drug-likeness (QED) is 0.911. The lowest BCUT2D eigenvalue weighted by Crippen LogP contribution is -2.30. The number of ether oxygens (including phenoxy) is 1. The van der Waals surface area contributed by atoms with Crippen molar-refractivity contribution in [2.45, 2.75) is 11.3 Å². The number of fused-ring (bicyclic) bond motifs is 1. The predicted molar refractivity (Wildman–Crippen MR) is 93.7 cm³/mol. The summed E-state index contributed by atoms with van der Waals surface area (Å²) in [6, 6.07) is 10.8. The van der Waals surface area contributed by atoms with Gasteiger partial charge < -0.3 is 10.5 Å². The van der Waals surface area contributed by atoms with Crippen molar-refractivity contribution in [1.29, 1.82) is 0 Å². The zero-order valence-corrected chi connectivity index (χ0v) is 14.6. The Morgan fingerprint density at radius 2 is 1.91 bits per heavy atom. The molecule has 2 aromatic rings. The zero-order chi connectivity index (χ0) is 15.7. The molecule has 1 aliphatic rings. The fourth-order valence-electron chi connectivity index (χ4n) is 2.99. The van der Waals surface area contributed by atoms with Crippen LogP contribution in [0.25, 0.3) is 10.8 Å². The Bertz CT molecular complexity index is 795. The van der Waals surface area contributed by atoms with E-state index in [2.05, 4.69) is 0 Å². The van der Waals surface area contributed by atoms with Crippen LogP contribution in [0.2, 0.25) is 0 Å². The molecule has 1 heterocycles. The molecule has 0 radical (unpaired) electrons. The van der Waals surface area contributed by atoms with Crippen LogP contribution in [-0.2, 0) is 10.0 Å². The molecular weight excluding hydrogens is 336 g/mol. The van der Waals surface area contributed by atoms with Crippen molar-refractivity contribution in [1.82, 2.24) is 4.31 Å². The summed E-state index contributed by atoms with van der Waals surface area (Å²) < 4.78 is 32.8. The number of nitrogens with two attached hydrogens (primary N) is 1. The minimum absolute atomic E-state index is 0. The fourth-order valence-corrected chi connectivity index (χ4v) is 4.72. The van der Waals surface area contributed by atoms with Crippen molar-refractivity contribution in [3.63, 3.8) is 0 Å². The Kier molecular flexibility index (Phi) is 5.52. The lowest BCUT2D eigenvalue weighted by atomic mass is 10.1. The highest BCUT2D eigenvalue weighted by atomic mass is 35.5. The van der Waals surface area contributed by atoms with Gasteiger partial charge in [-0.05, 0) is 31.0 Å². The Hall–Kier alpha value is -1.34. The van der Waals surface area contributed by atoms with Crippen molar-refractivity contribution in [3.05, 3.63) is 36.4 Å². The SMILES string of the molecule is COc1ccc(S(=O)(=O)N2CCC(CN)C2)c2ccccc12.Cl. The normalized spacial score (nSPS) is 18.8. The van der Waals surface area contributed by atoms with Crippen molar-refractivity contribution in [2.75, 3.05) is 26.7 Å². The van der Waals surface area contributed by atoms with E-state index < -0.39 is 10.0 Å². The van der Waals surface area contributed by atoms with Gasteiger partial charge in [0, 0.05) is 23.9 Å². The summed E-state index contributed by atoms with van der Waals surface area (Å²) in [5, 5.41) is 1.50. The Morgan fingerprint density at radius 3 is 2.52 bits per heavy atom. The van der Waals surface area contributed by atoms with Gasteiger partial charge in [0.05, 0.1) is 12.0 Å². The molecule has 0 aromatic heterocycles. The largest absolute Gasteiger partial charge is 0.496 e. The molecule has 7 heteroatoms. The van der Waals surface area contributed by atoms with E-state index in [1.165, 1.54) is 0 Å². The third kappa shape index (κ3) is 3.17. The standard InChI is InChI=1S/C16H20N2O3S.ClH/c1-21-15-6-7-16(14-5-3-2-4-13(14)15)22(19,20)18-9-8-12(10-17)11-18;/h2-7,12H,8-11,17H2,1H3;1H. The summed E-state index contributed by atoms with van der Waals surface area (Å²) in [4.78, 5) is 0.335. The first-order valence-electron chi connectivity index (χ1n) is 7.34. The van der Waals surface area contributed by atoms with E-state index in [9.17, 15) is 8.42 Å². The van der Waals surface area contributed by atoms with Gasteiger partial charge in [-0.25, -0.2) is 8.42 Å². The average molecular weight is 357 g/mol. The first-order valence-corrected chi connectivity index (χ1v) is 8.78. The smallest absolute Gasteiger partial charge is 0.243 e. The first-order chi connectivity index (χ1) is 10.6. The van der Waals surface area contributed by atoms with Crippen LogP contribution < -0.4 is 10.5 Å². The maximum Gasteiger partial charge on any atom is 0.243 e. The summed E-state index contributed by atoms with van der Waals surface area (Å²) in [6.07, 6.45) is 0.823. The van der Waals surface area contributed by atoms with Gasteiger partial charge in [-0.15, -0.1) is 12.4 Å². The van der Waals surface area contributed by atoms with Crippen LogP contribution >= 0.6 is 12.4 Å². The molecule has 5 nitrogen and oxygen atoms in total. The number of hydrogen-bond donors (Lipinski definition) is 1. The molecular formula is C16H21ClN2O3S. The van der Waals surface area contributed by atoms with Gasteiger partial charge >= 0.3 is 0 Å². The van der Waals surface area contributed by atoms with Crippen LogP contribution in [0, 0.1) is 5.92 Å². The number of methoxy groups -OCH3 is 1. The molecule has 2 aromatic carbocycles. The molecule has 3 rings (SSSR count). The number of hydrogen-bond acceptors (Lipinski definition) is 4. The van der Waals surface area contributed by atoms with Gasteiger partial charge in [0.25, 0.3) is 0 Å². The van der Waals surface area contributed by atoms with Crippen LogP contribution in [0.3, 0.4) is 0 Å². The van der Waals surface area contributed by atoms with Crippen molar-refractivity contribution in [3.8, 4) is 5.75 Å². The second kappa shape index (κ2) is 7.05. The number of rotatable bonds is 4. The molecule has 1 saturated heterocycles. The molecule has 126 valence electrons. The first kappa shape index (κ1) is 18.0. The van der Waals surface area contributed by atoms with E-state index in [0.29, 0.717) is 35.7 Å². The van der Waals surface area contributed by atoms with E-state index in [1.54, 1.807) is 23.5 Å². The van der Waals surface area contributed by atoms with E-state index in [1.807, 2.05) is 24.3 Å². The maximum absolute atomic E-state index is 13.0. The van der Waals surface area contributed by atoms with Crippen LogP contribution in [0.15, 0.2) is 41.3 Å². The Balaban J connectivity index is 0.00000192. The minimum atomic E-state index is -3.51. The molecule has 0 amide bonds. The molecule has 23 heavy (non-hydrogen) atoms. The molecule has 0 aliphatic carbocycles. The fraction of sp³-hybridized carbons (Fsp3) is 0.375. The molecule has 0 spiro atoms. The molecule has 0 saturated carbocycles. The number of halogens is 1. The summed E-state index contributed by atoms with van der Waals surface area (Å²) in [6.45, 7) is 1.55. The molecule has 1 fully saturated rings. The van der Waals surface area contributed by atoms with Gasteiger partial charge in [0.15, 0.2) is 0 Å². The van der Waals surface area contributed by atoms with Crippen LogP contribution in [0.5, 0.6) is 5.75 Å². The predicted octanol–water partition coefficient (Wildman–Crippen LogP) is 2.24. The average Bonchev–Trinajstić information content (AvgIpc) is 3.03. The lowest BCUT2D eigenvalue weighted by Gasteiger charge is -2.18. The molecule has 1 aliphatic heterocycles. The summed E-state index contributed by atoms with van der Waals surface area (Å²) in [5.41, 5.74) is 5.67. The van der Waals surface area contributed by atoms with E-state index in [-0.39, 0.29) is 18.3 Å². The minimum Gasteiger partial charge on any atom is -0.496 e. The van der Waals surface area contributed by atoms with E-state index in [0.717, 1.165) is 11.8 Å². The van der Waals surface area contributed by atoms with Crippen molar-refractivity contribution in [2.24, 2.45) is 11.7 Å². The molecule has 0 bridgehead atoms. The summed E-state index contributed by atoms with van der Waals surface area (Å²) in [7, 11) is -1.93. The number of benzene rings is 2. The third-order valence-electron chi connectivity index (χ3n) is 4.26. The summed E-state index contributed by atoms with van der Waals surface area (Å²) >= 11 is 0. The van der Waals surface area contributed by atoms with Gasteiger partial charge in [0.1, 0.15) is 5.75 Å². The van der Waals surface area contributed by atoms with Crippen molar-refractivity contribution < 1.29 is 13.2 Å². The monoisotopic (exact) mass is 356 g/mol. The highest BCUT2D eigenvalue weighted by Crippen LogP contribution is 2.33.